The molecule has 0 aromatic heterocycles. The molecule has 0 aliphatic carbocycles. The van der Waals surface area contributed by atoms with Crippen LogP contribution < -0.4 is 10.6 Å². The summed E-state index contributed by atoms with van der Waals surface area (Å²) in [4.78, 5) is 51.3. The molecular formula is C22H23N3O4S. The average Bonchev–Trinajstić information content (AvgIpc) is 2.95. The first kappa shape index (κ1) is 21.6. The third kappa shape index (κ3) is 4.54. The molecule has 0 fully saturated rings. The second kappa shape index (κ2) is 9.13. The van der Waals surface area contributed by atoms with E-state index in [9.17, 15) is 19.2 Å². The number of nitrogens with one attached hydrogen (secondary N) is 2. The van der Waals surface area contributed by atoms with Crippen LogP contribution in [0.15, 0.2) is 47.4 Å². The lowest BCUT2D eigenvalue weighted by molar-refractivity contribution is 0.0635. The molecule has 0 spiro atoms. The van der Waals surface area contributed by atoms with Crippen molar-refractivity contribution in [1.82, 2.24) is 15.5 Å². The van der Waals surface area contributed by atoms with Gasteiger partial charge in [0.2, 0.25) is 0 Å². The number of carbonyl (C=O) groups is 4. The summed E-state index contributed by atoms with van der Waals surface area (Å²) in [6.45, 7) is 4.63. The van der Waals surface area contributed by atoms with Gasteiger partial charge < -0.3 is 10.6 Å². The SMILES string of the molecule is CC(C)CN1C(=O)c2ccc(C(=O)NCCNC(=O)c3ccccc3S)cc2C1=O. The Hall–Kier alpha value is -3.13. The van der Waals surface area contributed by atoms with Crippen LogP contribution >= 0.6 is 12.6 Å². The fourth-order valence-electron chi connectivity index (χ4n) is 3.18. The smallest absolute Gasteiger partial charge is 0.261 e. The molecule has 1 heterocycles. The number of thiol groups is 1. The Morgan fingerprint density at radius 3 is 2.23 bits per heavy atom. The number of fused-ring (bicyclic) bond motifs is 1. The van der Waals surface area contributed by atoms with Crippen molar-refractivity contribution < 1.29 is 19.2 Å². The Balaban J connectivity index is 1.57. The van der Waals surface area contributed by atoms with Crippen molar-refractivity contribution in [3.63, 3.8) is 0 Å². The van der Waals surface area contributed by atoms with Gasteiger partial charge in [0.1, 0.15) is 0 Å². The monoisotopic (exact) mass is 425 g/mol. The molecule has 4 amide bonds. The van der Waals surface area contributed by atoms with E-state index in [1.54, 1.807) is 24.3 Å². The highest BCUT2D eigenvalue weighted by atomic mass is 32.1. The molecular weight excluding hydrogens is 402 g/mol. The number of imide groups is 1. The zero-order valence-electron chi connectivity index (χ0n) is 16.8. The quantitative estimate of drug-likeness (QED) is 0.361. The van der Waals surface area contributed by atoms with Crippen LogP contribution in [0.2, 0.25) is 0 Å². The van der Waals surface area contributed by atoms with Gasteiger partial charge in [-0.3, -0.25) is 24.1 Å². The summed E-state index contributed by atoms with van der Waals surface area (Å²) in [6.07, 6.45) is 0. The summed E-state index contributed by atoms with van der Waals surface area (Å²) in [7, 11) is 0. The Labute approximate surface area is 180 Å². The molecule has 0 bridgehead atoms. The highest BCUT2D eigenvalue weighted by molar-refractivity contribution is 7.80. The minimum Gasteiger partial charge on any atom is -0.350 e. The van der Waals surface area contributed by atoms with Gasteiger partial charge in [0.25, 0.3) is 23.6 Å². The molecule has 0 saturated heterocycles. The molecule has 7 nitrogen and oxygen atoms in total. The molecule has 0 atom stereocenters. The van der Waals surface area contributed by atoms with Crippen LogP contribution in [0.25, 0.3) is 0 Å². The van der Waals surface area contributed by atoms with Crippen LogP contribution in [0.5, 0.6) is 0 Å². The molecule has 1 aliphatic heterocycles. The van der Waals surface area contributed by atoms with E-state index in [0.29, 0.717) is 22.6 Å². The van der Waals surface area contributed by atoms with Crippen LogP contribution in [0.1, 0.15) is 55.3 Å². The number of benzene rings is 2. The van der Waals surface area contributed by atoms with Crippen molar-refractivity contribution in [3.8, 4) is 0 Å². The van der Waals surface area contributed by atoms with Gasteiger partial charge in [-0.05, 0) is 36.2 Å². The number of nitrogens with zero attached hydrogens (tertiary/aromatic N) is 1. The van der Waals surface area contributed by atoms with Gasteiger partial charge in [0.15, 0.2) is 0 Å². The predicted octanol–water partition coefficient (Wildman–Crippen LogP) is 2.39. The first-order valence-corrected chi connectivity index (χ1v) is 10.1. The Kier molecular flexibility index (Phi) is 6.56. The van der Waals surface area contributed by atoms with Crippen molar-refractivity contribution in [2.24, 2.45) is 5.92 Å². The highest BCUT2D eigenvalue weighted by Gasteiger charge is 2.36. The second-order valence-corrected chi connectivity index (χ2v) is 7.89. The van der Waals surface area contributed by atoms with E-state index < -0.39 is 0 Å². The maximum Gasteiger partial charge on any atom is 0.261 e. The normalized spacial score (nSPS) is 12.9. The molecule has 2 N–H and O–H groups in total. The third-order valence-electron chi connectivity index (χ3n) is 4.63. The van der Waals surface area contributed by atoms with Gasteiger partial charge in [-0.15, -0.1) is 12.6 Å². The number of rotatable bonds is 7. The molecule has 156 valence electrons. The Morgan fingerprint density at radius 1 is 0.933 bits per heavy atom. The van der Waals surface area contributed by atoms with Crippen molar-refractivity contribution in [2.75, 3.05) is 19.6 Å². The van der Waals surface area contributed by atoms with Crippen LogP contribution in [-0.2, 0) is 0 Å². The molecule has 2 aromatic carbocycles. The molecule has 30 heavy (non-hydrogen) atoms. The minimum absolute atomic E-state index is 0.153. The molecule has 1 aliphatic rings. The van der Waals surface area contributed by atoms with Crippen molar-refractivity contribution >= 4 is 36.3 Å². The zero-order chi connectivity index (χ0) is 21.8. The van der Waals surface area contributed by atoms with E-state index >= 15 is 0 Å². The molecule has 2 aromatic rings. The average molecular weight is 426 g/mol. The van der Waals surface area contributed by atoms with Gasteiger partial charge in [0, 0.05) is 30.1 Å². The largest absolute Gasteiger partial charge is 0.350 e. The van der Waals surface area contributed by atoms with Crippen LogP contribution in [0.3, 0.4) is 0 Å². The van der Waals surface area contributed by atoms with E-state index in [1.165, 1.54) is 23.1 Å². The highest BCUT2D eigenvalue weighted by Crippen LogP contribution is 2.24. The van der Waals surface area contributed by atoms with Gasteiger partial charge in [-0.25, -0.2) is 0 Å². The van der Waals surface area contributed by atoms with E-state index in [0.717, 1.165) is 0 Å². The second-order valence-electron chi connectivity index (χ2n) is 7.40. The molecule has 8 heteroatoms. The van der Waals surface area contributed by atoms with Gasteiger partial charge in [-0.2, -0.15) is 0 Å². The first-order chi connectivity index (χ1) is 14.3. The molecule has 3 rings (SSSR count). The third-order valence-corrected chi connectivity index (χ3v) is 5.02. The van der Waals surface area contributed by atoms with Crippen molar-refractivity contribution in [3.05, 3.63) is 64.7 Å². The molecule has 0 radical (unpaired) electrons. The Bertz CT molecular complexity index is 1020. The summed E-state index contributed by atoms with van der Waals surface area (Å²) >= 11 is 4.25. The fourth-order valence-corrected chi connectivity index (χ4v) is 3.44. The van der Waals surface area contributed by atoms with Crippen LogP contribution in [0, 0.1) is 5.92 Å². The van der Waals surface area contributed by atoms with E-state index in [1.807, 2.05) is 13.8 Å². The lowest BCUT2D eigenvalue weighted by Gasteiger charge is -2.15. The Morgan fingerprint density at radius 2 is 1.57 bits per heavy atom. The number of hydrogen-bond donors (Lipinski definition) is 3. The lowest BCUT2D eigenvalue weighted by atomic mass is 10.1. The molecule has 0 unspecified atom stereocenters. The standard InChI is InChI=1S/C22H23N3O4S/c1-13(2)12-25-21(28)15-8-7-14(11-17(15)22(25)29)19(26)23-9-10-24-20(27)16-5-3-4-6-18(16)30/h3-8,11,13,30H,9-10,12H2,1-2H3,(H,23,26)(H,24,27). The van der Waals surface area contributed by atoms with E-state index in [2.05, 4.69) is 23.3 Å². The van der Waals surface area contributed by atoms with Gasteiger partial charge in [-0.1, -0.05) is 26.0 Å². The first-order valence-electron chi connectivity index (χ1n) is 9.64. The van der Waals surface area contributed by atoms with Crippen LogP contribution in [0.4, 0.5) is 0 Å². The number of hydrogen-bond acceptors (Lipinski definition) is 5. The number of carbonyl (C=O) groups excluding carboxylic acids is 4. The summed E-state index contributed by atoms with van der Waals surface area (Å²) in [5.74, 6) is -1.22. The lowest BCUT2D eigenvalue weighted by Crippen LogP contribution is -2.35. The van der Waals surface area contributed by atoms with Gasteiger partial charge >= 0.3 is 0 Å². The predicted molar refractivity (Wildman–Crippen MR) is 115 cm³/mol. The summed E-state index contributed by atoms with van der Waals surface area (Å²) in [5.41, 5.74) is 1.30. The maximum absolute atomic E-state index is 12.5. The fraction of sp³-hybridized carbons (Fsp3) is 0.273. The van der Waals surface area contributed by atoms with E-state index in [4.69, 9.17) is 0 Å². The van der Waals surface area contributed by atoms with Crippen molar-refractivity contribution in [1.29, 1.82) is 0 Å². The summed E-state index contributed by atoms with van der Waals surface area (Å²) in [5, 5.41) is 5.42. The maximum atomic E-state index is 12.5. The topological polar surface area (TPSA) is 95.6 Å². The zero-order valence-corrected chi connectivity index (χ0v) is 17.7. The van der Waals surface area contributed by atoms with Crippen molar-refractivity contribution in [2.45, 2.75) is 18.7 Å². The minimum atomic E-state index is -0.385. The summed E-state index contributed by atoms with van der Waals surface area (Å²) < 4.78 is 0. The van der Waals surface area contributed by atoms with Crippen LogP contribution in [-0.4, -0.2) is 48.2 Å². The van der Waals surface area contributed by atoms with Gasteiger partial charge in [0.05, 0.1) is 16.7 Å². The molecule has 0 saturated carbocycles. The van der Waals surface area contributed by atoms with E-state index in [-0.39, 0.29) is 53.8 Å². The summed E-state index contributed by atoms with van der Waals surface area (Å²) in [6, 6.07) is 11.4. The number of amides is 4.